The van der Waals surface area contributed by atoms with Crippen LogP contribution in [0, 0.1) is 5.92 Å². The highest BCUT2D eigenvalue weighted by atomic mass is 32.2. The fourth-order valence-electron chi connectivity index (χ4n) is 3.30. The van der Waals surface area contributed by atoms with Crippen molar-refractivity contribution in [2.45, 2.75) is 57.0 Å². The molecule has 0 spiro atoms. The van der Waals surface area contributed by atoms with Gasteiger partial charge in [-0.25, -0.2) is 4.98 Å². The first-order chi connectivity index (χ1) is 12.5. The number of hydrogen-bond donors (Lipinski definition) is 1. The average molecular weight is 392 g/mol. The van der Waals surface area contributed by atoms with Crippen molar-refractivity contribution in [3.05, 3.63) is 33.4 Å². The number of thiophene rings is 1. The van der Waals surface area contributed by atoms with E-state index in [1.54, 1.807) is 22.0 Å². The van der Waals surface area contributed by atoms with E-state index in [0.29, 0.717) is 24.2 Å². The van der Waals surface area contributed by atoms with Crippen LogP contribution in [0.5, 0.6) is 0 Å². The van der Waals surface area contributed by atoms with Gasteiger partial charge in [0.05, 0.1) is 10.6 Å². The second kappa shape index (κ2) is 7.96. The first-order valence-electron chi connectivity index (χ1n) is 9.06. The van der Waals surface area contributed by atoms with Crippen molar-refractivity contribution >= 4 is 39.2 Å². The Bertz CT molecular complexity index is 900. The lowest BCUT2D eigenvalue weighted by Gasteiger charge is -2.18. The lowest BCUT2D eigenvalue weighted by Crippen LogP contribution is -2.32. The van der Waals surface area contributed by atoms with Crippen molar-refractivity contribution in [1.29, 1.82) is 0 Å². The average Bonchev–Trinajstić information content (AvgIpc) is 2.97. The quantitative estimate of drug-likeness (QED) is 0.466. The molecule has 7 heteroatoms. The van der Waals surface area contributed by atoms with Gasteiger partial charge in [0, 0.05) is 18.0 Å². The molecule has 1 amide bonds. The topological polar surface area (TPSA) is 64.0 Å². The predicted molar refractivity (Wildman–Crippen MR) is 109 cm³/mol. The van der Waals surface area contributed by atoms with E-state index in [2.05, 4.69) is 18.8 Å². The minimum absolute atomic E-state index is 0.0331. The van der Waals surface area contributed by atoms with Crippen molar-refractivity contribution in [1.82, 2.24) is 14.9 Å². The summed E-state index contributed by atoms with van der Waals surface area (Å²) in [5, 5.41) is 3.89. The third-order valence-corrected chi connectivity index (χ3v) is 7.01. The van der Waals surface area contributed by atoms with Crippen LogP contribution in [0.4, 0.5) is 0 Å². The molecule has 26 heavy (non-hydrogen) atoms. The summed E-state index contributed by atoms with van der Waals surface area (Å²) in [5.41, 5.74) is 1.24. The van der Waals surface area contributed by atoms with E-state index in [1.165, 1.54) is 22.2 Å². The number of carbonyl (C=O) groups is 1. The van der Waals surface area contributed by atoms with Gasteiger partial charge in [0.25, 0.3) is 5.56 Å². The standard InChI is InChI=1S/C19H25N3O2S2/c1-5-9-20-16(23)12(4)25-19-21-17-15(18(24)22(19)6-2)13-8-7-11(3)10-14(13)26-17/h5,11-12H,1,6-10H2,2-4H3,(H,20,23)/t11-,12+/m1/s1. The summed E-state index contributed by atoms with van der Waals surface area (Å²) in [6.07, 6.45) is 4.77. The molecule has 0 radical (unpaired) electrons. The highest BCUT2D eigenvalue weighted by Crippen LogP contribution is 2.36. The molecule has 0 saturated heterocycles. The maximum absolute atomic E-state index is 13.1. The normalized spacial score (nSPS) is 17.7. The van der Waals surface area contributed by atoms with E-state index >= 15 is 0 Å². The Morgan fingerprint density at radius 3 is 3.04 bits per heavy atom. The Morgan fingerprint density at radius 2 is 2.35 bits per heavy atom. The number of nitrogens with zero attached hydrogens (tertiary/aromatic N) is 2. The van der Waals surface area contributed by atoms with E-state index < -0.39 is 0 Å². The number of thioether (sulfide) groups is 1. The first kappa shape index (κ1) is 19.2. The van der Waals surface area contributed by atoms with Crippen molar-refractivity contribution in [2.24, 2.45) is 5.92 Å². The molecule has 3 rings (SSSR count). The van der Waals surface area contributed by atoms with Crippen LogP contribution in [-0.4, -0.2) is 27.3 Å². The lowest BCUT2D eigenvalue weighted by atomic mass is 9.89. The third-order valence-electron chi connectivity index (χ3n) is 4.77. The molecule has 2 heterocycles. The van der Waals surface area contributed by atoms with Crippen LogP contribution in [0.2, 0.25) is 0 Å². The van der Waals surface area contributed by atoms with E-state index in [1.807, 2.05) is 13.8 Å². The van der Waals surface area contributed by atoms with Gasteiger partial charge in [0.2, 0.25) is 5.91 Å². The fourth-order valence-corrected chi connectivity index (χ4v) is 5.72. The number of carbonyl (C=O) groups excluding carboxylic acids is 1. The zero-order chi connectivity index (χ0) is 18.8. The van der Waals surface area contributed by atoms with Crippen LogP contribution in [0.25, 0.3) is 10.2 Å². The zero-order valence-corrected chi connectivity index (χ0v) is 17.1. The van der Waals surface area contributed by atoms with Gasteiger partial charge in [-0.15, -0.1) is 17.9 Å². The summed E-state index contributed by atoms with van der Waals surface area (Å²) < 4.78 is 1.70. The molecule has 1 aliphatic carbocycles. The van der Waals surface area contributed by atoms with Crippen LogP contribution in [0.1, 0.15) is 37.6 Å². The van der Waals surface area contributed by atoms with Crippen LogP contribution in [-0.2, 0) is 24.2 Å². The van der Waals surface area contributed by atoms with E-state index in [4.69, 9.17) is 4.98 Å². The molecular formula is C19H25N3O2S2. The number of nitrogens with one attached hydrogen (secondary N) is 1. The smallest absolute Gasteiger partial charge is 0.263 e. The van der Waals surface area contributed by atoms with Gasteiger partial charge in [-0.1, -0.05) is 24.8 Å². The highest BCUT2D eigenvalue weighted by Gasteiger charge is 2.25. The molecule has 0 saturated carbocycles. The Kier molecular flexibility index (Phi) is 5.87. The molecular weight excluding hydrogens is 366 g/mol. The van der Waals surface area contributed by atoms with Gasteiger partial charge in [-0.05, 0) is 44.6 Å². The Balaban J connectivity index is 2.00. The second-order valence-corrected chi connectivity index (χ2v) is 9.16. The highest BCUT2D eigenvalue weighted by molar-refractivity contribution is 8.00. The molecule has 2 aromatic heterocycles. The van der Waals surface area contributed by atoms with Crippen molar-refractivity contribution in [3.63, 3.8) is 0 Å². The number of hydrogen-bond acceptors (Lipinski definition) is 5. The molecule has 1 aliphatic rings. The van der Waals surface area contributed by atoms with Gasteiger partial charge >= 0.3 is 0 Å². The molecule has 0 aliphatic heterocycles. The van der Waals surface area contributed by atoms with Gasteiger partial charge in [0.15, 0.2) is 5.16 Å². The second-order valence-electron chi connectivity index (χ2n) is 6.77. The largest absolute Gasteiger partial charge is 0.352 e. The Morgan fingerprint density at radius 1 is 1.58 bits per heavy atom. The zero-order valence-electron chi connectivity index (χ0n) is 15.5. The number of aromatic nitrogens is 2. The van der Waals surface area contributed by atoms with E-state index in [0.717, 1.165) is 29.5 Å². The molecule has 0 aromatic carbocycles. The van der Waals surface area contributed by atoms with Gasteiger partial charge in [0.1, 0.15) is 4.83 Å². The maximum atomic E-state index is 13.1. The summed E-state index contributed by atoms with van der Waals surface area (Å²) in [6.45, 7) is 10.6. The van der Waals surface area contributed by atoms with Crippen molar-refractivity contribution in [3.8, 4) is 0 Å². The Labute approximate surface area is 161 Å². The van der Waals surface area contributed by atoms with Crippen LogP contribution < -0.4 is 10.9 Å². The minimum atomic E-state index is -0.327. The van der Waals surface area contributed by atoms with Crippen molar-refractivity contribution in [2.75, 3.05) is 6.54 Å². The van der Waals surface area contributed by atoms with Gasteiger partial charge in [-0.3, -0.25) is 14.2 Å². The number of rotatable bonds is 6. The van der Waals surface area contributed by atoms with E-state index in [-0.39, 0.29) is 16.7 Å². The predicted octanol–water partition coefficient (Wildman–Crippen LogP) is 3.39. The van der Waals surface area contributed by atoms with E-state index in [9.17, 15) is 9.59 Å². The molecule has 5 nitrogen and oxygen atoms in total. The minimum Gasteiger partial charge on any atom is -0.352 e. The van der Waals surface area contributed by atoms with Crippen LogP contribution >= 0.6 is 23.1 Å². The molecule has 1 N–H and O–H groups in total. The SMILES string of the molecule is C=CCNC(=O)[C@H](C)Sc1nc2sc3c(c2c(=O)n1CC)CC[C@@H](C)C3. The Hall–Kier alpha value is -1.60. The summed E-state index contributed by atoms with van der Waals surface area (Å²) >= 11 is 2.99. The molecule has 0 unspecified atom stereocenters. The van der Waals surface area contributed by atoms with Crippen LogP contribution in [0.15, 0.2) is 22.6 Å². The summed E-state index contributed by atoms with van der Waals surface area (Å²) in [4.78, 5) is 32.2. The van der Waals surface area contributed by atoms with Crippen LogP contribution in [0.3, 0.4) is 0 Å². The van der Waals surface area contributed by atoms with Gasteiger partial charge < -0.3 is 5.32 Å². The van der Waals surface area contributed by atoms with Gasteiger partial charge in [-0.2, -0.15) is 0 Å². The number of aryl methyl sites for hydroxylation is 1. The lowest BCUT2D eigenvalue weighted by molar-refractivity contribution is -0.120. The molecule has 0 bridgehead atoms. The molecule has 2 atom stereocenters. The number of amides is 1. The monoisotopic (exact) mass is 391 g/mol. The molecule has 2 aromatic rings. The number of fused-ring (bicyclic) bond motifs is 3. The third kappa shape index (κ3) is 3.60. The molecule has 140 valence electrons. The summed E-state index contributed by atoms with van der Waals surface area (Å²) in [6, 6.07) is 0. The fraction of sp³-hybridized carbons (Fsp3) is 0.526. The summed E-state index contributed by atoms with van der Waals surface area (Å²) in [5.74, 6) is 0.581. The maximum Gasteiger partial charge on any atom is 0.263 e. The van der Waals surface area contributed by atoms with Crippen molar-refractivity contribution < 1.29 is 4.79 Å². The first-order valence-corrected chi connectivity index (χ1v) is 10.8. The summed E-state index contributed by atoms with van der Waals surface area (Å²) in [7, 11) is 0. The molecule has 0 fully saturated rings.